The fraction of sp³-hybridized carbons (Fsp3) is 0.105. The van der Waals surface area contributed by atoms with Gasteiger partial charge in [-0.05, 0) is 29.8 Å². The number of nitrogens with one attached hydrogen (secondary N) is 1. The second-order valence-electron chi connectivity index (χ2n) is 5.52. The molecule has 0 aromatic heterocycles. The minimum atomic E-state index is -0.795. The molecule has 0 radical (unpaired) electrons. The van der Waals surface area contributed by atoms with Gasteiger partial charge >= 0.3 is 5.97 Å². The summed E-state index contributed by atoms with van der Waals surface area (Å²) in [4.78, 5) is 33.7. The Morgan fingerprint density at radius 1 is 1.31 bits per heavy atom. The number of carbonyl (C=O) groups is 2. The summed E-state index contributed by atoms with van der Waals surface area (Å²) in [5, 5.41) is 31.6. The zero-order chi connectivity index (χ0) is 21.4. The number of nitro benzene ring substituents is 1. The molecule has 0 saturated heterocycles. The number of anilines is 1. The number of nitrogens with zero attached hydrogens (tertiary/aromatic N) is 2. The van der Waals surface area contributed by atoms with Crippen molar-refractivity contribution in [3.05, 3.63) is 63.7 Å². The minimum absolute atomic E-state index is 0.0492. The van der Waals surface area contributed by atoms with Gasteiger partial charge in [0, 0.05) is 18.2 Å². The summed E-state index contributed by atoms with van der Waals surface area (Å²) >= 11 is 0. The Morgan fingerprint density at radius 3 is 2.72 bits per heavy atom. The van der Waals surface area contributed by atoms with Crippen LogP contribution in [-0.4, -0.2) is 35.6 Å². The number of hydrogen-bond acceptors (Lipinski definition) is 8. The van der Waals surface area contributed by atoms with Crippen molar-refractivity contribution in [3.63, 3.8) is 0 Å². The zero-order valence-corrected chi connectivity index (χ0v) is 15.1. The topological polar surface area (TPSA) is 152 Å². The Labute approximate surface area is 164 Å². The van der Waals surface area contributed by atoms with Gasteiger partial charge in [-0.3, -0.25) is 14.9 Å². The number of nitriles is 1. The van der Waals surface area contributed by atoms with E-state index in [0.29, 0.717) is 5.56 Å². The maximum Gasteiger partial charge on any atom is 0.331 e. The van der Waals surface area contributed by atoms with Gasteiger partial charge in [-0.25, -0.2) is 4.79 Å². The lowest BCUT2D eigenvalue weighted by molar-refractivity contribution is -0.384. The molecular formula is C19H15N3O7. The lowest BCUT2D eigenvalue weighted by Crippen LogP contribution is -2.20. The van der Waals surface area contributed by atoms with E-state index in [9.17, 15) is 24.8 Å². The van der Waals surface area contributed by atoms with Crippen LogP contribution >= 0.6 is 0 Å². The molecule has 2 aromatic carbocycles. The standard InChI is InChI=1S/C19H15N3O7/c1-28-17-8-12(2-6-16(17)23)3-7-19(25)29-11-18(24)21-15-5-4-14(22(26)27)9-13(15)10-20/h2-9,23H,11H2,1H3,(H,21,24). The van der Waals surface area contributed by atoms with E-state index in [0.717, 1.165) is 18.2 Å². The van der Waals surface area contributed by atoms with Crippen molar-refractivity contribution in [1.29, 1.82) is 5.26 Å². The minimum Gasteiger partial charge on any atom is -0.504 e. The highest BCUT2D eigenvalue weighted by atomic mass is 16.6. The molecule has 0 atom stereocenters. The highest BCUT2D eigenvalue weighted by molar-refractivity contribution is 5.95. The number of amides is 1. The monoisotopic (exact) mass is 397 g/mol. The summed E-state index contributed by atoms with van der Waals surface area (Å²) in [6.45, 7) is -0.621. The van der Waals surface area contributed by atoms with Crippen molar-refractivity contribution in [2.45, 2.75) is 0 Å². The highest BCUT2D eigenvalue weighted by Gasteiger charge is 2.13. The molecule has 0 aliphatic rings. The molecule has 10 heteroatoms. The van der Waals surface area contributed by atoms with Crippen molar-refractivity contribution in [2.24, 2.45) is 0 Å². The van der Waals surface area contributed by atoms with Crippen molar-refractivity contribution in [1.82, 2.24) is 0 Å². The average Bonchev–Trinajstić information content (AvgIpc) is 2.71. The first-order valence-electron chi connectivity index (χ1n) is 8.04. The predicted molar refractivity (Wildman–Crippen MR) is 101 cm³/mol. The van der Waals surface area contributed by atoms with Crippen LogP contribution in [0.15, 0.2) is 42.5 Å². The molecule has 0 fully saturated rings. The number of benzene rings is 2. The van der Waals surface area contributed by atoms with Gasteiger partial charge in [0.25, 0.3) is 11.6 Å². The number of aromatic hydroxyl groups is 1. The summed E-state index contributed by atoms with van der Waals surface area (Å²) in [6.07, 6.45) is 2.50. The van der Waals surface area contributed by atoms with Gasteiger partial charge in [-0.1, -0.05) is 6.07 Å². The van der Waals surface area contributed by atoms with E-state index in [-0.39, 0.29) is 28.4 Å². The molecule has 0 unspecified atom stereocenters. The SMILES string of the molecule is COc1cc(C=CC(=O)OCC(=O)Nc2ccc([N+](=O)[O-])cc2C#N)ccc1O. The third kappa shape index (κ3) is 5.80. The molecule has 2 aromatic rings. The fourth-order valence-corrected chi connectivity index (χ4v) is 2.18. The van der Waals surface area contributed by atoms with Gasteiger partial charge in [0.05, 0.1) is 23.3 Å². The van der Waals surface area contributed by atoms with Gasteiger partial charge < -0.3 is 19.9 Å². The molecule has 2 rings (SSSR count). The number of nitro groups is 1. The van der Waals surface area contributed by atoms with Gasteiger partial charge in [0.1, 0.15) is 6.07 Å². The maximum atomic E-state index is 11.9. The first-order valence-corrected chi connectivity index (χ1v) is 8.04. The number of methoxy groups -OCH3 is 1. The first-order chi connectivity index (χ1) is 13.8. The van der Waals surface area contributed by atoms with Crippen LogP contribution in [-0.2, 0) is 14.3 Å². The Morgan fingerprint density at radius 2 is 2.07 bits per heavy atom. The maximum absolute atomic E-state index is 11.9. The van der Waals surface area contributed by atoms with Crippen LogP contribution in [0.1, 0.15) is 11.1 Å². The number of carbonyl (C=O) groups excluding carboxylic acids is 2. The van der Waals surface area contributed by atoms with E-state index >= 15 is 0 Å². The molecule has 0 aliphatic heterocycles. The molecule has 10 nitrogen and oxygen atoms in total. The molecular weight excluding hydrogens is 382 g/mol. The molecule has 0 saturated carbocycles. The largest absolute Gasteiger partial charge is 0.504 e. The quantitative estimate of drug-likeness (QED) is 0.313. The first kappa shape index (κ1) is 20.9. The van der Waals surface area contributed by atoms with Crippen LogP contribution in [0.2, 0.25) is 0 Å². The summed E-state index contributed by atoms with van der Waals surface area (Å²) in [5.74, 6) is -1.33. The number of ether oxygens (including phenoxy) is 2. The summed E-state index contributed by atoms with van der Waals surface area (Å²) in [5.41, 5.74) is 0.235. The van der Waals surface area contributed by atoms with Crippen LogP contribution in [0, 0.1) is 21.4 Å². The van der Waals surface area contributed by atoms with Crippen LogP contribution in [0.4, 0.5) is 11.4 Å². The third-order valence-electron chi connectivity index (χ3n) is 3.57. The molecule has 0 bridgehead atoms. The van der Waals surface area contributed by atoms with Crippen LogP contribution in [0.5, 0.6) is 11.5 Å². The Balaban J connectivity index is 1.93. The van der Waals surface area contributed by atoms with Gasteiger partial charge in [0.2, 0.25) is 0 Å². The van der Waals surface area contributed by atoms with Gasteiger partial charge in [0.15, 0.2) is 18.1 Å². The van der Waals surface area contributed by atoms with Crippen LogP contribution in [0.3, 0.4) is 0 Å². The molecule has 0 spiro atoms. The third-order valence-corrected chi connectivity index (χ3v) is 3.57. The van der Waals surface area contributed by atoms with E-state index in [1.165, 1.54) is 31.4 Å². The normalized spacial score (nSPS) is 10.2. The Hall–Kier alpha value is -4.39. The second kappa shape index (κ2) is 9.52. The average molecular weight is 397 g/mol. The fourth-order valence-electron chi connectivity index (χ4n) is 2.18. The van der Waals surface area contributed by atoms with Crippen molar-refractivity contribution < 1.29 is 29.1 Å². The van der Waals surface area contributed by atoms with E-state index in [4.69, 9.17) is 14.7 Å². The molecule has 0 aliphatic carbocycles. The Kier molecular flexibility index (Phi) is 6.86. The van der Waals surface area contributed by atoms with Crippen molar-refractivity contribution in [2.75, 3.05) is 19.0 Å². The zero-order valence-electron chi connectivity index (χ0n) is 15.1. The van der Waals surface area contributed by atoms with E-state index < -0.39 is 23.4 Å². The van der Waals surface area contributed by atoms with Gasteiger partial charge in [-0.15, -0.1) is 0 Å². The molecule has 0 heterocycles. The lowest BCUT2D eigenvalue weighted by Gasteiger charge is -2.07. The number of phenols is 1. The molecule has 2 N–H and O–H groups in total. The predicted octanol–water partition coefficient (Wildman–Crippen LogP) is 2.38. The van der Waals surface area contributed by atoms with Gasteiger partial charge in [-0.2, -0.15) is 5.26 Å². The van der Waals surface area contributed by atoms with E-state index in [1.54, 1.807) is 12.1 Å². The summed E-state index contributed by atoms with van der Waals surface area (Å²) in [6, 6.07) is 9.57. The lowest BCUT2D eigenvalue weighted by atomic mass is 10.1. The Bertz CT molecular complexity index is 1020. The highest BCUT2D eigenvalue weighted by Crippen LogP contribution is 2.26. The second-order valence-corrected chi connectivity index (χ2v) is 5.52. The van der Waals surface area contributed by atoms with Crippen molar-refractivity contribution >= 4 is 29.3 Å². The number of non-ortho nitro benzene ring substituents is 1. The molecule has 1 amide bonds. The summed E-state index contributed by atoms with van der Waals surface area (Å²) in [7, 11) is 1.39. The number of esters is 1. The summed E-state index contributed by atoms with van der Waals surface area (Å²) < 4.78 is 9.76. The molecule has 148 valence electrons. The molecule has 29 heavy (non-hydrogen) atoms. The van der Waals surface area contributed by atoms with Crippen LogP contribution < -0.4 is 10.1 Å². The number of phenolic OH excluding ortho intramolecular Hbond substituents is 1. The smallest absolute Gasteiger partial charge is 0.331 e. The van der Waals surface area contributed by atoms with Crippen LogP contribution in [0.25, 0.3) is 6.08 Å². The number of hydrogen-bond donors (Lipinski definition) is 2. The van der Waals surface area contributed by atoms with E-state index in [2.05, 4.69) is 5.32 Å². The van der Waals surface area contributed by atoms with Crippen molar-refractivity contribution in [3.8, 4) is 17.6 Å². The van der Waals surface area contributed by atoms with E-state index in [1.807, 2.05) is 0 Å². The number of rotatable bonds is 7.